The predicted octanol–water partition coefficient (Wildman–Crippen LogP) is 5.21. The molecule has 0 bridgehead atoms. The van der Waals surface area contributed by atoms with E-state index in [-0.39, 0.29) is 4.83 Å². The van der Waals surface area contributed by atoms with Crippen LogP contribution in [0.15, 0.2) is 40.9 Å². The molecule has 0 saturated carbocycles. The molecule has 0 fully saturated rings. The lowest BCUT2D eigenvalue weighted by Gasteiger charge is -2.21. The molecule has 0 radical (unpaired) electrons. The summed E-state index contributed by atoms with van der Waals surface area (Å²) in [6, 6.07) is 12.7. The minimum absolute atomic E-state index is 0.227. The number of halogens is 2. The standard InChI is InChI=1S/C17H16Br2O2/c1-11-2-4-12(5-3-11)8-14(18)13-9-16-17(10-15(13)19)21-7-6-20-16/h2-5,9-10,14H,6-8H2,1H3. The quantitative estimate of drug-likeness (QED) is 0.645. The second-order valence-electron chi connectivity index (χ2n) is 5.17. The van der Waals surface area contributed by atoms with E-state index in [1.807, 2.05) is 6.07 Å². The van der Waals surface area contributed by atoms with Gasteiger partial charge in [0, 0.05) is 9.30 Å². The molecular formula is C17H16Br2O2. The monoisotopic (exact) mass is 410 g/mol. The second kappa shape index (κ2) is 6.41. The highest BCUT2D eigenvalue weighted by atomic mass is 79.9. The topological polar surface area (TPSA) is 18.5 Å². The molecule has 1 unspecified atom stereocenters. The van der Waals surface area contributed by atoms with Gasteiger partial charge < -0.3 is 9.47 Å². The van der Waals surface area contributed by atoms with Gasteiger partial charge in [-0.2, -0.15) is 0 Å². The summed E-state index contributed by atoms with van der Waals surface area (Å²) in [4.78, 5) is 0.227. The molecule has 110 valence electrons. The van der Waals surface area contributed by atoms with Crippen LogP contribution in [0.25, 0.3) is 0 Å². The lowest BCUT2D eigenvalue weighted by atomic mass is 10.0. The van der Waals surface area contributed by atoms with Gasteiger partial charge in [-0.3, -0.25) is 0 Å². The fraction of sp³-hybridized carbons (Fsp3) is 0.294. The molecule has 2 aromatic rings. The Hall–Kier alpha value is -1.00. The number of alkyl halides is 1. The van der Waals surface area contributed by atoms with Crippen LogP contribution in [0.1, 0.15) is 21.5 Å². The summed E-state index contributed by atoms with van der Waals surface area (Å²) in [6.45, 7) is 3.33. The molecule has 3 rings (SSSR count). The number of hydrogen-bond acceptors (Lipinski definition) is 2. The van der Waals surface area contributed by atoms with Crippen LogP contribution in [-0.4, -0.2) is 13.2 Å². The number of hydrogen-bond donors (Lipinski definition) is 0. The first-order chi connectivity index (χ1) is 10.1. The summed E-state index contributed by atoms with van der Waals surface area (Å²) in [5, 5.41) is 0. The molecule has 1 heterocycles. The Morgan fingerprint density at radius 2 is 1.67 bits per heavy atom. The van der Waals surface area contributed by atoms with Gasteiger partial charge in [0.1, 0.15) is 13.2 Å². The van der Waals surface area contributed by atoms with Crippen LogP contribution in [0.4, 0.5) is 0 Å². The first-order valence-corrected chi connectivity index (χ1v) is 8.63. The van der Waals surface area contributed by atoms with Gasteiger partial charge in [0.05, 0.1) is 0 Å². The van der Waals surface area contributed by atoms with E-state index in [0.29, 0.717) is 13.2 Å². The van der Waals surface area contributed by atoms with Gasteiger partial charge in [0.25, 0.3) is 0 Å². The maximum atomic E-state index is 5.67. The molecule has 0 N–H and O–H groups in total. The van der Waals surface area contributed by atoms with E-state index in [0.717, 1.165) is 22.4 Å². The van der Waals surface area contributed by atoms with E-state index in [4.69, 9.17) is 9.47 Å². The van der Waals surface area contributed by atoms with Crippen LogP contribution in [0.2, 0.25) is 0 Å². The number of fused-ring (bicyclic) bond motifs is 1. The zero-order chi connectivity index (χ0) is 14.8. The van der Waals surface area contributed by atoms with Crippen molar-refractivity contribution in [3.8, 4) is 11.5 Å². The molecule has 0 aromatic heterocycles. The van der Waals surface area contributed by atoms with Crippen molar-refractivity contribution < 1.29 is 9.47 Å². The van der Waals surface area contributed by atoms with Crippen molar-refractivity contribution in [2.45, 2.75) is 18.2 Å². The summed E-state index contributed by atoms with van der Waals surface area (Å²) in [6.07, 6.45) is 0.929. The molecule has 1 aliphatic rings. The van der Waals surface area contributed by atoms with E-state index in [1.54, 1.807) is 0 Å². The van der Waals surface area contributed by atoms with Crippen molar-refractivity contribution in [1.29, 1.82) is 0 Å². The zero-order valence-electron chi connectivity index (χ0n) is 11.7. The van der Waals surface area contributed by atoms with Crippen molar-refractivity contribution in [3.05, 3.63) is 57.6 Å². The van der Waals surface area contributed by atoms with Gasteiger partial charge in [-0.25, -0.2) is 0 Å². The van der Waals surface area contributed by atoms with E-state index in [2.05, 4.69) is 69.1 Å². The molecule has 21 heavy (non-hydrogen) atoms. The van der Waals surface area contributed by atoms with Crippen molar-refractivity contribution >= 4 is 31.9 Å². The molecule has 0 aliphatic carbocycles. The molecule has 1 aliphatic heterocycles. The van der Waals surface area contributed by atoms with Crippen molar-refractivity contribution in [2.75, 3.05) is 13.2 Å². The smallest absolute Gasteiger partial charge is 0.162 e. The van der Waals surface area contributed by atoms with Crippen LogP contribution < -0.4 is 9.47 Å². The summed E-state index contributed by atoms with van der Waals surface area (Å²) in [5.74, 6) is 1.64. The summed E-state index contributed by atoms with van der Waals surface area (Å²) in [7, 11) is 0. The summed E-state index contributed by atoms with van der Waals surface area (Å²) >= 11 is 7.43. The second-order valence-corrected chi connectivity index (χ2v) is 7.13. The van der Waals surface area contributed by atoms with E-state index >= 15 is 0 Å². The maximum Gasteiger partial charge on any atom is 0.162 e. The van der Waals surface area contributed by atoms with Crippen molar-refractivity contribution in [3.63, 3.8) is 0 Å². The molecule has 0 saturated heterocycles. The largest absolute Gasteiger partial charge is 0.486 e. The van der Waals surface area contributed by atoms with Gasteiger partial charge >= 0.3 is 0 Å². The third-order valence-electron chi connectivity index (χ3n) is 3.53. The summed E-state index contributed by atoms with van der Waals surface area (Å²) in [5.41, 5.74) is 3.77. The number of rotatable bonds is 3. The Morgan fingerprint density at radius 3 is 2.33 bits per heavy atom. The normalized spacial score (nSPS) is 14.8. The van der Waals surface area contributed by atoms with E-state index < -0.39 is 0 Å². The minimum Gasteiger partial charge on any atom is -0.486 e. The highest BCUT2D eigenvalue weighted by molar-refractivity contribution is 9.11. The highest BCUT2D eigenvalue weighted by Gasteiger charge is 2.19. The Bertz CT molecular complexity index is 638. The molecule has 1 atom stereocenters. The predicted molar refractivity (Wildman–Crippen MR) is 91.7 cm³/mol. The van der Waals surface area contributed by atoms with Gasteiger partial charge in [-0.1, -0.05) is 61.7 Å². The van der Waals surface area contributed by atoms with Gasteiger partial charge in [-0.15, -0.1) is 0 Å². The van der Waals surface area contributed by atoms with Gasteiger partial charge in [0.2, 0.25) is 0 Å². The molecule has 4 heteroatoms. The Morgan fingerprint density at radius 1 is 1.05 bits per heavy atom. The van der Waals surface area contributed by atoms with Crippen LogP contribution in [0, 0.1) is 6.92 Å². The highest BCUT2D eigenvalue weighted by Crippen LogP contribution is 2.41. The first-order valence-electron chi connectivity index (χ1n) is 6.92. The van der Waals surface area contributed by atoms with Crippen LogP contribution in [0.3, 0.4) is 0 Å². The van der Waals surface area contributed by atoms with Crippen LogP contribution in [0.5, 0.6) is 11.5 Å². The van der Waals surface area contributed by atoms with Gasteiger partial charge in [-0.05, 0) is 36.6 Å². The Labute approximate surface area is 141 Å². The average molecular weight is 412 g/mol. The maximum absolute atomic E-state index is 5.67. The van der Waals surface area contributed by atoms with Crippen molar-refractivity contribution in [1.82, 2.24) is 0 Å². The third kappa shape index (κ3) is 3.43. The van der Waals surface area contributed by atoms with E-state index in [1.165, 1.54) is 16.7 Å². The third-order valence-corrected chi connectivity index (χ3v) is 5.04. The SMILES string of the molecule is Cc1ccc(CC(Br)c2cc3c(cc2Br)OCCO3)cc1. The lowest BCUT2D eigenvalue weighted by molar-refractivity contribution is 0.171. The lowest BCUT2D eigenvalue weighted by Crippen LogP contribution is -2.15. The number of benzene rings is 2. The first kappa shape index (κ1) is 14.9. The summed E-state index contributed by atoms with van der Waals surface area (Å²) < 4.78 is 12.3. The fourth-order valence-electron chi connectivity index (χ4n) is 2.36. The fourth-order valence-corrected chi connectivity index (χ4v) is 4.02. The van der Waals surface area contributed by atoms with E-state index in [9.17, 15) is 0 Å². The molecular weight excluding hydrogens is 396 g/mol. The Balaban J connectivity index is 1.83. The minimum atomic E-state index is 0.227. The molecule has 0 spiro atoms. The molecule has 2 nitrogen and oxygen atoms in total. The molecule has 2 aromatic carbocycles. The van der Waals surface area contributed by atoms with Crippen LogP contribution in [-0.2, 0) is 6.42 Å². The molecule has 0 amide bonds. The van der Waals surface area contributed by atoms with Crippen molar-refractivity contribution in [2.24, 2.45) is 0 Å². The Kier molecular flexibility index (Phi) is 4.55. The average Bonchev–Trinajstić information content (AvgIpc) is 2.49. The van der Waals surface area contributed by atoms with Gasteiger partial charge in [0.15, 0.2) is 11.5 Å². The van der Waals surface area contributed by atoms with Crippen LogP contribution >= 0.6 is 31.9 Å². The number of ether oxygens (including phenoxy) is 2. The zero-order valence-corrected chi connectivity index (χ0v) is 14.9. The number of aryl methyl sites for hydroxylation is 1.